The van der Waals surface area contributed by atoms with Gasteiger partial charge in [-0.15, -0.1) is 0 Å². The third-order valence-corrected chi connectivity index (χ3v) is 14.1. The van der Waals surface area contributed by atoms with Crippen LogP contribution in [0.1, 0.15) is 73.1 Å². The van der Waals surface area contributed by atoms with Crippen LogP contribution < -0.4 is 5.32 Å². The predicted molar refractivity (Wildman–Crippen MR) is 177 cm³/mol. The van der Waals surface area contributed by atoms with Crippen LogP contribution in [0.2, 0.25) is 18.1 Å². The van der Waals surface area contributed by atoms with Gasteiger partial charge in [0.15, 0.2) is 19.9 Å². The Morgan fingerprint density at radius 1 is 0.907 bits per heavy atom. The fraction of sp³-hybridized carbons (Fsp3) is 0.457. The van der Waals surface area contributed by atoms with E-state index in [2.05, 4.69) is 74.3 Å². The standard InChI is InChI=1S/C23H34N2O3Si.C12H13NO/c1-14-11-17-12-16(9-10-19(17)25(14)6)20(26)13-18-21(22(27)24-18)15(2)28-29(7,8)23(3,4)5;1-8-6-11-7-10(9(2)14)4-5-12(11)13(8)3/h9-12,15,18,21H,13H2,1-8H3,(H,24,27);4-7H,1-3H3/t15-,18-,21-;/m1./s1. The van der Waals surface area contributed by atoms with Crippen LogP contribution >= 0.6 is 0 Å². The van der Waals surface area contributed by atoms with Gasteiger partial charge in [-0.3, -0.25) is 14.4 Å². The summed E-state index contributed by atoms with van der Waals surface area (Å²) in [6.07, 6.45) is 0.112. The molecule has 3 atom stereocenters. The van der Waals surface area contributed by atoms with Crippen molar-refractivity contribution in [2.24, 2.45) is 20.0 Å². The highest BCUT2D eigenvalue weighted by Gasteiger charge is 2.47. The summed E-state index contributed by atoms with van der Waals surface area (Å²) in [6.45, 7) is 18.6. The molecular formula is C35H47N3O4Si. The maximum absolute atomic E-state index is 12.9. The van der Waals surface area contributed by atoms with E-state index in [0.29, 0.717) is 12.0 Å². The molecule has 8 heteroatoms. The lowest BCUT2D eigenvalue weighted by Gasteiger charge is -2.45. The van der Waals surface area contributed by atoms with E-state index in [0.717, 1.165) is 27.5 Å². The van der Waals surface area contributed by atoms with Crippen molar-refractivity contribution in [2.45, 2.75) is 85.2 Å². The molecule has 0 spiro atoms. The average molecular weight is 602 g/mol. The molecule has 1 N–H and O–H groups in total. The van der Waals surface area contributed by atoms with Gasteiger partial charge < -0.3 is 18.9 Å². The number of carbonyl (C=O) groups excluding carboxylic acids is 3. The molecule has 7 nitrogen and oxygen atoms in total. The summed E-state index contributed by atoms with van der Waals surface area (Å²) in [5, 5.41) is 5.21. The molecule has 2 aromatic heterocycles. The SMILES string of the molecule is CC(=O)c1ccc2c(c1)cc(C)n2C.Cc1cc2cc(C(=O)C[C@H]3NC(=O)[C@@H]3[C@@H](C)O[Si](C)(C)C(C)(C)C)ccc2n1C. The number of hydrogen-bond donors (Lipinski definition) is 1. The van der Waals surface area contributed by atoms with E-state index in [4.69, 9.17) is 4.43 Å². The minimum absolute atomic E-state index is 0.0110. The first-order valence-electron chi connectivity index (χ1n) is 15.1. The quantitative estimate of drug-likeness (QED) is 0.137. The van der Waals surface area contributed by atoms with Crippen molar-refractivity contribution in [3.05, 3.63) is 71.0 Å². The number of aromatic nitrogens is 2. The molecule has 5 rings (SSSR count). The fourth-order valence-electron chi connectivity index (χ4n) is 5.57. The Morgan fingerprint density at radius 2 is 1.40 bits per heavy atom. The van der Waals surface area contributed by atoms with Crippen LogP contribution in [-0.2, 0) is 23.3 Å². The van der Waals surface area contributed by atoms with Crippen molar-refractivity contribution in [1.29, 1.82) is 0 Å². The number of nitrogens with zero attached hydrogens (tertiary/aromatic N) is 2. The average Bonchev–Trinajstić information content (AvgIpc) is 3.35. The van der Waals surface area contributed by atoms with Gasteiger partial charge in [0, 0.05) is 64.8 Å². The lowest BCUT2D eigenvalue weighted by molar-refractivity contribution is -0.139. The maximum Gasteiger partial charge on any atom is 0.228 e. The third-order valence-electron chi connectivity index (χ3n) is 9.55. The van der Waals surface area contributed by atoms with E-state index in [9.17, 15) is 14.4 Å². The second-order valence-corrected chi connectivity index (χ2v) is 18.4. The van der Waals surface area contributed by atoms with Gasteiger partial charge in [-0.2, -0.15) is 0 Å². The molecule has 1 aliphatic rings. The van der Waals surface area contributed by atoms with Crippen molar-refractivity contribution < 1.29 is 18.8 Å². The van der Waals surface area contributed by atoms with E-state index in [1.165, 1.54) is 11.2 Å². The number of nitrogens with one attached hydrogen (secondary N) is 1. The van der Waals surface area contributed by atoms with Crippen LogP contribution in [0, 0.1) is 19.8 Å². The summed E-state index contributed by atoms with van der Waals surface area (Å²) in [4.78, 5) is 36.3. The van der Waals surface area contributed by atoms with Gasteiger partial charge in [0.2, 0.25) is 5.91 Å². The van der Waals surface area contributed by atoms with Crippen LogP contribution in [0.5, 0.6) is 0 Å². The molecule has 2 aromatic carbocycles. The van der Waals surface area contributed by atoms with Crippen LogP contribution in [0.4, 0.5) is 0 Å². The number of benzene rings is 2. The molecule has 230 valence electrons. The summed E-state index contributed by atoms with van der Waals surface area (Å²) in [6, 6.07) is 15.7. The Morgan fingerprint density at radius 3 is 1.86 bits per heavy atom. The number of hydrogen-bond acceptors (Lipinski definition) is 4. The van der Waals surface area contributed by atoms with E-state index in [1.807, 2.05) is 57.4 Å². The minimum atomic E-state index is -1.98. The highest BCUT2D eigenvalue weighted by molar-refractivity contribution is 6.74. The Balaban J connectivity index is 0.000000251. The number of Topliss-reactive ketones (excluding diaryl/α,β-unsaturated/α-hetero) is 2. The zero-order valence-electron chi connectivity index (χ0n) is 27.6. The number of β-lactam (4-membered cyclic amide) rings is 1. The van der Waals surface area contributed by atoms with Crippen molar-refractivity contribution in [2.75, 3.05) is 0 Å². The zero-order chi connectivity index (χ0) is 32.0. The van der Waals surface area contributed by atoms with Crippen molar-refractivity contribution >= 4 is 47.6 Å². The molecule has 0 radical (unpaired) electrons. The zero-order valence-corrected chi connectivity index (χ0v) is 28.6. The Hall–Kier alpha value is -3.49. The van der Waals surface area contributed by atoms with Crippen LogP contribution in [0.15, 0.2) is 48.5 Å². The lowest BCUT2D eigenvalue weighted by atomic mass is 9.82. The number of rotatable bonds is 7. The van der Waals surface area contributed by atoms with Crippen LogP contribution in [-0.4, -0.2) is 47.1 Å². The van der Waals surface area contributed by atoms with Gasteiger partial charge in [0.1, 0.15) is 0 Å². The largest absolute Gasteiger partial charge is 0.413 e. The number of ketones is 2. The van der Waals surface area contributed by atoms with Crippen molar-refractivity contribution in [3.63, 3.8) is 0 Å². The molecule has 43 heavy (non-hydrogen) atoms. The predicted octanol–water partition coefficient (Wildman–Crippen LogP) is 7.27. The molecular weight excluding hydrogens is 554 g/mol. The summed E-state index contributed by atoms with van der Waals surface area (Å²) >= 11 is 0. The Labute approximate surface area is 256 Å². The van der Waals surface area contributed by atoms with Crippen molar-refractivity contribution in [3.8, 4) is 0 Å². The molecule has 0 aliphatic carbocycles. The highest BCUT2D eigenvalue weighted by Crippen LogP contribution is 2.39. The topological polar surface area (TPSA) is 82.3 Å². The van der Waals surface area contributed by atoms with Gasteiger partial charge >= 0.3 is 0 Å². The van der Waals surface area contributed by atoms with Crippen LogP contribution in [0.3, 0.4) is 0 Å². The minimum Gasteiger partial charge on any atom is -0.413 e. The second kappa shape index (κ2) is 11.9. The molecule has 1 aliphatic heterocycles. The highest BCUT2D eigenvalue weighted by atomic mass is 28.4. The van der Waals surface area contributed by atoms with E-state index in [1.54, 1.807) is 6.92 Å². The molecule has 1 fully saturated rings. The maximum atomic E-state index is 12.9. The molecule has 0 bridgehead atoms. The number of fused-ring (bicyclic) bond motifs is 2. The Bertz CT molecular complexity index is 1710. The normalized spacial score (nSPS) is 17.7. The smallest absolute Gasteiger partial charge is 0.228 e. The van der Waals surface area contributed by atoms with Gasteiger partial charge in [-0.1, -0.05) is 20.8 Å². The van der Waals surface area contributed by atoms with Crippen LogP contribution in [0.25, 0.3) is 21.8 Å². The summed E-state index contributed by atoms with van der Waals surface area (Å²) in [5.41, 5.74) is 6.13. The summed E-state index contributed by atoms with van der Waals surface area (Å²) in [7, 11) is 2.08. The van der Waals surface area contributed by atoms with E-state index < -0.39 is 8.32 Å². The van der Waals surface area contributed by atoms with Gasteiger partial charge in [0.25, 0.3) is 0 Å². The monoisotopic (exact) mass is 601 g/mol. The summed E-state index contributed by atoms with van der Waals surface area (Å²) in [5.74, 6) is -0.102. The third kappa shape index (κ3) is 6.55. The molecule has 4 aromatic rings. The first-order chi connectivity index (χ1) is 19.9. The van der Waals surface area contributed by atoms with Gasteiger partial charge in [-0.05, 0) is 94.4 Å². The molecule has 1 saturated heterocycles. The first kappa shape index (κ1) is 32.4. The molecule has 0 saturated carbocycles. The number of carbonyl (C=O) groups is 3. The van der Waals surface area contributed by atoms with E-state index >= 15 is 0 Å². The summed E-state index contributed by atoms with van der Waals surface area (Å²) < 4.78 is 10.7. The number of amides is 1. The molecule has 0 unspecified atom stereocenters. The van der Waals surface area contributed by atoms with Crippen molar-refractivity contribution in [1.82, 2.24) is 14.5 Å². The molecule has 3 heterocycles. The van der Waals surface area contributed by atoms with E-state index in [-0.39, 0.29) is 40.6 Å². The van der Waals surface area contributed by atoms with Gasteiger partial charge in [-0.25, -0.2) is 0 Å². The first-order valence-corrected chi connectivity index (χ1v) is 18.0. The fourth-order valence-corrected chi connectivity index (χ4v) is 7.00. The lowest BCUT2D eigenvalue weighted by Crippen LogP contribution is -2.64. The molecule has 1 amide bonds. The Kier molecular flexibility index (Phi) is 8.96. The number of aryl methyl sites for hydroxylation is 4. The second-order valence-electron chi connectivity index (χ2n) is 13.6. The van der Waals surface area contributed by atoms with Gasteiger partial charge in [0.05, 0.1) is 18.1 Å².